The van der Waals surface area contributed by atoms with Crippen molar-refractivity contribution in [3.05, 3.63) is 95.6 Å². The summed E-state index contributed by atoms with van der Waals surface area (Å²) in [6.07, 6.45) is 0. The average molecular weight is 415 g/mol. The first-order valence-corrected chi connectivity index (χ1v) is 10.8. The number of carbonyl (C=O) groups excluding carboxylic acids is 1. The maximum absolute atomic E-state index is 13.1. The molecule has 0 N–H and O–H groups in total. The van der Waals surface area contributed by atoms with Gasteiger partial charge in [0.2, 0.25) is 0 Å². The summed E-state index contributed by atoms with van der Waals surface area (Å²) in [5, 5.41) is 0. The fraction of sp³-hybridized carbons (Fsp3) is 0.269. The highest BCUT2D eigenvalue weighted by Gasteiger charge is 2.29. The number of rotatable bonds is 4. The quantitative estimate of drug-likeness (QED) is 0.647. The van der Waals surface area contributed by atoms with E-state index in [0.29, 0.717) is 43.4 Å². The Hall–Kier alpha value is -3.31. The fourth-order valence-electron chi connectivity index (χ4n) is 4.43. The molecule has 3 aromatic rings. The standard InChI is InChI=1S/C26H26N2O3/c29-26(22-11-12-23-24(19-22)31-18-17-30-23)28-15-13-27(14-16-28)25(20-7-3-1-4-8-20)21-9-5-2-6-10-21/h1-12,19,25H,13-18H2. The van der Waals surface area contributed by atoms with E-state index in [1.807, 2.05) is 17.0 Å². The van der Waals surface area contributed by atoms with E-state index >= 15 is 0 Å². The maximum Gasteiger partial charge on any atom is 0.254 e. The first kappa shape index (κ1) is 19.6. The van der Waals surface area contributed by atoms with Crippen LogP contribution < -0.4 is 9.47 Å². The lowest BCUT2D eigenvalue weighted by atomic mass is 9.96. The maximum atomic E-state index is 13.1. The monoisotopic (exact) mass is 414 g/mol. The van der Waals surface area contributed by atoms with Crippen LogP contribution in [0.1, 0.15) is 27.5 Å². The van der Waals surface area contributed by atoms with Crippen molar-refractivity contribution in [2.24, 2.45) is 0 Å². The second kappa shape index (κ2) is 8.82. The molecule has 0 unspecified atom stereocenters. The SMILES string of the molecule is O=C(c1ccc2c(c1)OCCO2)N1CCN(C(c2ccccc2)c2ccccc2)CC1. The third-order valence-electron chi connectivity index (χ3n) is 5.99. The van der Waals surface area contributed by atoms with Crippen LogP contribution in [0.25, 0.3) is 0 Å². The Kier molecular flexibility index (Phi) is 5.59. The van der Waals surface area contributed by atoms with Crippen LogP contribution in [0.3, 0.4) is 0 Å². The van der Waals surface area contributed by atoms with Crippen LogP contribution in [0.5, 0.6) is 11.5 Å². The molecule has 1 amide bonds. The molecule has 5 nitrogen and oxygen atoms in total. The molecule has 158 valence electrons. The van der Waals surface area contributed by atoms with Crippen molar-refractivity contribution in [1.29, 1.82) is 0 Å². The number of benzene rings is 3. The molecule has 5 rings (SSSR count). The van der Waals surface area contributed by atoms with Crippen LogP contribution >= 0.6 is 0 Å². The van der Waals surface area contributed by atoms with Crippen molar-refractivity contribution in [2.45, 2.75) is 6.04 Å². The number of hydrogen-bond donors (Lipinski definition) is 0. The van der Waals surface area contributed by atoms with E-state index in [-0.39, 0.29) is 11.9 Å². The largest absolute Gasteiger partial charge is 0.486 e. The third-order valence-corrected chi connectivity index (χ3v) is 5.99. The van der Waals surface area contributed by atoms with Crippen molar-refractivity contribution in [1.82, 2.24) is 9.80 Å². The van der Waals surface area contributed by atoms with Crippen molar-refractivity contribution in [3.63, 3.8) is 0 Å². The molecule has 0 radical (unpaired) electrons. The average Bonchev–Trinajstić information content (AvgIpc) is 2.85. The van der Waals surface area contributed by atoms with E-state index < -0.39 is 0 Å². The third kappa shape index (κ3) is 4.14. The Morgan fingerprint density at radius 1 is 0.710 bits per heavy atom. The molecular formula is C26H26N2O3. The lowest BCUT2D eigenvalue weighted by molar-refractivity contribution is 0.0596. The van der Waals surface area contributed by atoms with Crippen LogP contribution in [-0.4, -0.2) is 55.1 Å². The first-order chi connectivity index (χ1) is 15.3. The minimum absolute atomic E-state index is 0.0487. The number of nitrogens with zero attached hydrogens (tertiary/aromatic N) is 2. The summed E-state index contributed by atoms with van der Waals surface area (Å²) in [5.41, 5.74) is 3.21. The van der Waals surface area contributed by atoms with E-state index in [9.17, 15) is 4.79 Å². The zero-order valence-electron chi connectivity index (χ0n) is 17.4. The highest BCUT2D eigenvalue weighted by Crippen LogP contribution is 2.32. The zero-order valence-corrected chi connectivity index (χ0v) is 17.4. The van der Waals surface area contributed by atoms with Gasteiger partial charge in [0.05, 0.1) is 6.04 Å². The van der Waals surface area contributed by atoms with Crippen molar-refractivity contribution in [3.8, 4) is 11.5 Å². The summed E-state index contributed by atoms with van der Waals surface area (Å²) in [7, 11) is 0. The highest BCUT2D eigenvalue weighted by atomic mass is 16.6. The Morgan fingerprint density at radius 2 is 1.29 bits per heavy atom. The number of carbonyl (C=O) groups is 1. The summed E-state index contributed by atoms with van der Waals surface area (Å²) in [5.74, 6) is 1.41. The van der Waals surface area contributed by atoms with Crippen molar-refractivity contribution >= 4 is 5.91 Å². The van der Waals surface area contributed by atoms with Crippen LogP contribution in [0.2, 0.25) is 0 Å². The molecule has 2 heterocycles. The molecule has 0 aliphatic carbocycles. The van der Waals surface area contributed by atoms with Crippen LogP contribution in [0.4, 0.5) is 0 Å². The molecule has 1 saturated heterocycles. The van der Waals surface area contributed by atoms with Crippen molar-refractivity contribution < 1.29 is 14.3 Å². The van der Waals surface area contributed by atoms with Crippen LogP contribution in [0, 0.1) is 0 Å². The predicted molar refractivity (Wildman–Crippen MR) is 120 cm³/mol. The molecule has 0 bridgehead atoms. The molecule has 0 spiro atoms. The second-order valence-electron chi connectivity index (χ2n) is 7.91. The lowest BCUT2D eigenvalue weighted by Gasteiger charge is -2.40. The molecule has 0 atom stereocenters. The predicted octanol–water partition coefficient (Wildman–Crippen LogP) is 4.01. The smallest absolute Gasteiger partial charge is 0.254 e. The van der Waals surface area contributed by atoms with E-state index in [1.165, 1.54) is 11.1 Å². The Labute approximate surface area is 182 Å². The Morgan fingerprint density at radius 3 is 1.90 bits per heavy atom. The van der Waals surface area contributed by atoms with E-state index in [2.05, 4.69) is 65.6 Å². The minimum Gasteiger partial charge on any atom is -0.486 e. The number of ether oxygens (including phenoxy) is 2. The molecular weight excluding hydrogens is 388 g/mol. The first-order valence-electron chi connectivity index (χ1n) is 10.8. The Balaban J connectivity index is 1.31. The minimum atomic E-state index is 0.0487. The van der Waals surface area contributed by atoms with Crippen LogP contribution in [0.15, 0.2) is 78.9 Å². The van der Waals surface area contributed by atoms with Gasteiger partial charge >= 0.3 is 0 Å². The fourth-order valence-corrected chi connectivity index (χ4v) is 4.43. The molecule has 1 fully saturated rings. The molecule has 2 aliphatic rings. The molecule has 5 heteroatoms. The number of piperazine rings is 1. The highest BCUT2D eigenvalue weighted by molar-refractivity contribution is 5.95. The molecule has 2 aliphatic heterocycles. The molecule has 0 aromatic heterocycles. The Bertz CT molecular complexity index is 992. The molecule has 0 saturated carbocycles. The van der Waals surface area contributed by atoms with Gasteiger partial charge in [-0.25, -0.2) is 0 Å². The summed E-state index contributed by atoms with van der Waals surface area (Å²) in [6.45, 7) is 4.11. The van der Waals surface area contributed by atoms with E-state index in [4.69, 9.17) is 9.47 Å². The zero-order chi connectivity index (χ0) is 21.0. The van der Waals surface area contributed by atoms with Gasteiger partial charge in [0.1, 0.15) is 13.2 Å². The van der Waals surface area contributed by atoms with Gasteiger partial charge in [-0.05, 0) is 29.3 Å². The van der Waals surface area contributed by atoms with Crippen LogP contribution in [-0.2, 0) is 0 Å². The number of amides is 1. The van der Waals surface area contributed by atoms with Gasteiger partial charge < -0.3 is 14.4 Å². The summed E-state index contributed by atoms with van der Waals surface area (Å²) >= 11 is 0. The van der Waals surface area contributed by atoms with Gasteiger partial charge in [0, 0.05) is 31.7 Å². The molecule has 31 heavy (non-hydrogen) atoms. The van der Waals surface area contributed by atoms with E-state index in [1.54, 1.807) is 6.07 Å². The second-order valence-corrected chi connectivity index (χ2v) is 7.91. The number of hydrogen-bond acceptors (Lipinski definition) is 4. The van der Waals surface area contributed by atoms with Gasteiger partial charge in [0.25, 0.3) is 5.91 Å². The van der Waals surface area contributed by atoms with Gasteiger partial charge in [-0.3, -0.25) is 9.69 Å². The number of fused-ring (bicyclic) bond motifs is 1. The van der Waals surface area contributed by atoms with Crippen molar-refractivity contribution in [2.75, 3.05) is 39.4 Å². The summed E-state index contributed by atoms with van der Waals surface area (Å²) < 4.78 is 11.2. The molecule has 3 aromatic carbocycles. The summed E-state index contributed by atoms with van der Waals surface area (Å²) in [6, 6.07) is 26.9. The normalized spacial score (nSPS) is 16.4. The topological polar surface area (TPSA) is 42.0 Å². The summed E-state index contributed by atoms with van der Waals surface area (Å²) in [4.78, 5) is 17.5. The van der Waals surface area contributed by atoms with Gasteiger partial charge in [-0.15, -0.1) is 0 Å². The van der Waals surface area contributed by atoms with Gasteiger partial charge in [0.15, 0.2) is 11.5 Å². The van der Waals surface area contributed by atoms with E-state index in [0.717, 1.165) is 13.1 Å². The van der Waals surface area contributed by atoms with Gasteiger partial charge in [-0.1, -0.05) is 60.7 Å². The lowest BCUT2D eigenvalue weighted by Crippen LogP contribution is -2.49. The van der Waals surface area contributed by atoms with Gasteiger partial charge in [-0.2, -0.15) is 0 Å².